The van der Waals surface area contributed by atoms with Crippen LogP contribution >= 0.6 is 0 Å². The molecule has 158 valence electrons. The molecule has 3 aliphatic heterocycles. The number of carbonyl (C=O) groups is 1. The molecule has 5 rings (SSSR count). The normalized spacial score (nSPS) is 20.5. The molecule has 8 heteroatoms. The van der Waals surface area contributed by atoms with Crippen molar-refractivity contribution in [2.45, 2.75) is 18.9 Å². The summed E-state index contributed by atoms with van der Waals surface area (Å²) in [6, 6.07) is 10.2. The summed E-state index contributed by atoms with van der Waals surface area (Å²) in [6.45, 7) is 4.81. The van der Waals surface area contributed by atoms with Crippen LogP contribution in [0.5, 0.6) is 17.2 Å². The van der Waals surface area contributed by atoms with Crippen LogP contribution in [0.3, 0.4) is 0 Å². The Morgan fingerprint density at radius 3 is 2.50 bits per heavy atom. The highest BCUT2D eigenvalue weighted by atomic mass is 19.1. The van der Waals surface area contributed by atoms with Crippen LogP contribution in [0.2, 0.25) is 0 Å². The number of nitrogens with one attached hydrogen (secondary N) is 1. The zero-order chi connectivity index (χ0) is 20.5. The van der Waals surface area contributed by atoms with Gasteiger partial charge in [-0.2, -0.15) is 0 Å². The quantitative estimate of drug-likeness (QED) is 0.813. The smallest absolute Gasteiger partial charge is 0.265 e. The third-order valence-corrected chi connectivity index (χ3v) is 5.80. The molecule has 1 fully saturated rings. The monoisotopic (exact) mass is 413 g/mol. The number of amides is 1. The van der Waals surface area contributed by atoms with Crippen molar-refractivity contribution in [1.29, 1.82) is 0 Å². The van der Waals surface area contributed by atoms with Crippen molar-refractivity contribution in [3.8, 4) is 17.2 Å². The van der Waals surface area contributed by atoms with Crippen LogP contribution < -0.4 is 24.4 Å². The van der Waals surface area contributed by atoms with Crippen LogP contribution in [0.25, 0.3) is 0 Å². The van der Waals surface area contributed by atoms with Gasteiger partial charge in [0, 0.05) is 44.0 Å². The number of piperazine rings is 1. The lowest BCUT2D eigenvalue weighted by atomic mass is 10.1. The predicted octanol–water partition coefficient (Wildman–Crippen LogP) is 2.86. The number of fused-ring (bicyclic) bond motifs is 2. The molecule has 1 N–H and O–H groups in total. The van der Waals surface area contributed by atoms with Gasteiger partial charge >= 0.3 is 0 Å². The molecule has 0 aliphatic carbocycles. The topological polar surface area (TPSA) is 63.3 Å². The first-order chi connectivity index (χ1) is 14.7. The fraction of sp³-hybridized carbons (Fsp3) is 0.409. The number of anilines is 2. The van der Waals surface area contributed by atoms with E-state index < -0.39 is 6.10 Å². The number of carbonyl (C=O) groups excluding carboxylic acids is 1. The summed E-state index contributed by atoms with van der Waals surface area (Å²) in [4.78, 5) is 17.1. The summed E-state index contributed by atoms with van der Waals surface area (Å²) in [6.07, 6.45) is 1.02. The maximum Gasteiger partial charge on any atom is 0.265 e. The molecule has 1 saturated heterocycles. The van der Waals surface area contributed by atoms with E-state index in [9.17, 15) is 9.18 Å². The number of benzene rings is 2. The second kappa shape index (κ2) is 8.02. The third kappa shape index (κ3) is 3.87. The molecule has 1 atom stereocenters. The molecule has 0 aromatic heterocycles. The first kappa shape index (κ1) is 19.0. The fourth-order valence-electron chi connectivity index (χ4n) is 4.11. The Kier molecular flexibility index (Phi) is 5.08. The number of hydrogen-bond acceptors (Lipinski definition) is 6. The summed E-state index contributed by atoms with van der Waals surface area (Å²) in [7, 11) is 0. The van der Waals surface area contributed by atoms with E-state index in [1.165, 1.54) is 12.1 Å². The number of halogens is 1. The Labute approximate surface area is 174 Å². The van der Waals surface area contributed by atoms with E-state index in [1.807, 2.05) is 12.1 Å². The average Bonchev–Trinajstić information content (AvgIpc) is 3.21. The van der Waals surface area contributed by atoms with Gasteiger partial charge in [-0.1, -0.05) is 0 Å². The number of hydrogen-bond donors (Lipinski definition) is 1. The summed E-state index contributed by atoms with van der Waals surface area (Å²) in [5.74, 6) is 1.55. The predicted molar refractivity (Wildman–Crippen MR) is 110 cm³/mol. The van der Waals surface area contributed by atoms with E-state index in [1.54, 1.807) is 12.1 Å². The Hall–Kier alpha value is -3.00. The molecule has 1 amide bonds. The highest BCUT2D eigenvalue weighted by Gasteiger charge is 2.30. The molecular weight excluding hydrogens is 389 g/mol. The Balaban J connectivity index is 1.10. The summed E-state index contributed by atoms with van der Waals surface area (Å²) in [5.41, 5.74) is 1.68. The minimum atomic E-state index is -0.502. The van der Waals surface area contributed by atoms with Gasteiger partial charge in [0.1, 0.15) is 11.6 Å². The van der Waals surface area contributed by atoms with Crippen molar-refractivity contribution >= 4 is 17.3 Å². The van der Waals surface area contributed by atoms with Crippen molar-refractivity contribution in [3.05, 3.63) is 42.2 Å². The van der Waals surface area contributed by atoms with Gasteiger partial charge in [-0.15, -0.1) is 0 Å². The van der Waals surface area contributed by atoms with E-state index in [4.69, 9.17) is 14.2 Å². The van der Waals surface area contributed by atoms with Gasteiger partial charge in [0.25, 0.3) is 5.91 Å². The molecule has 0 bridgehead atoms. The third-order valence-electron chi connectivity index (χ3n) is 5.80. The molecule has 7 nitrogen and oxygen atoms in total. The van der Waals surface area contributed by atoms with Crippen LogP contribution in [0.4, 0.5) is 15.8 Å². The van der Waals surface area contributed by atoms with Crippen LogP contribution in [0.15, 0.2) is 36.4 Å². The molecule has 3 heterocycles. The standard InChI is InChI=1S/C22H24FN3O4/c23-15-3-5-16(6-4-15)26-10-8-25(9-11-26)7-1-2-18-22(27)24-17-12-20-21(29-14-28-20)13-19(17)30-18/h3-6,12-13,18H,1-2,7-11,14H2,(H,24,27). The van der Waals surface area contributed by atoms with Crippen LogP contribution in [0.1, 0.15) is 12.8 Å². The Morgan fingerprint density at radius 1 is 1.00 bits per heavy atom. The summed E-state index contributed by atoms with van der Waals surface area (Å²) >= 11 is 0. The van der Waals surface area contributed by atoms with E-state index >= 15 is 0 Å². The summed E-state index contributed by atoms with van der Waals surface area (Å²) in [5, 5.41) is 2.91. The summed E-state index contributed by atoms with van der Waals surface area (Å²) < 4.78 is 29.8. The first-order valence-electron chi connectivity index (χ1n) is 10.3. The molecular formula is C22H24FN3O4. The lowest BCUT2D eigenvalue weighted by molar-refractivity contribution is -0.123. The van der Waals surface area contributed by atoms with Gasteiger partial charge in [-0.05, 0) is 43.7 Å². The minimum absolute atomic E-state index is 0.123. The Bertz CT molecular complexity index is 929. The van der Waals surface area contributed by atoms with Crippen molar-refractivity contribution in [3.63, 3.8) is 0 Å². The van der Waals surface area contributed by atoms with Crippen LogP contribution in [-0.4, -0.2) is 56.4 Å². The molecule has 0 radical (unpaired) electrons. The van der Waals surface area contributed by atoms with Crippen molar-refractivity contribution in [2.75, 3.05) is 49.7 Å². The van der Waals surface area contributed by atoms with Gasteiger partial charge in [-0.25, -0.2) is 4.39 Å². The van der Waals surface area contributed by atoms with Gasteiger partial charge in [0.15, 0.2) is 17.6 Å². The van der Waals surface area contributed by atoms with Gasteiger partial charge in [-0.3, -0.25) is 9.69 Å². The van der Waals surface area contributed by atoms with Gasteiger partial charge in [0.05, 0.1) is 5.69 Å². The van der Waals surface area contributed by atoms with E-state index in [0.29, 0.717) is 29.4 Å². The lowest BCUT2D eigenvalue weighted by Crippen LogP contribution is -2.47. The first-order valence-corrected chi connectivity index (χ1v) is 10.3. The highest BCUT2D eigenvalue weighted by molar-refractivity contribution is 5.98. The zero-order valence-corrected chi connectivity index (χ0v) is 16.6. The van der Waals surface area contributed by atoms with Crippen molar-refractivity contribution in [1.82, 2.24) is 4.90 Å². The lowest BCUT2D eigenvalue weighted by Gasteiger charge is -2.36. The second-order valence-electron chi connectivity index (χ2n) is 7.74. The molecule has 2 aromatic carbocycles. The van der Waals surface area contributed by atoms with E-state index in [0.717, 1.165) is 44.8 Å². The van der Waals surface area contributed by atoms with Gasteiger partial charge in [0.2, 0.25) is 6.79 Å². The molecule has 2 aromatic rings. The van der Waals surface area contributed by atoms with Crippen molar-refractivity contribution < 1.29 is 23.4 Å². The van der Waals surface area contributed by atoms with Gasteiger partial charge < -0.3 is 24.4 Å². The number of nitrogens with zero attached hydrogens (tertiary/aromatic N) is 2. The maximum atomic E-state index is 13.1. The second-order valence-corrected chi connectivity index (χ2v) is 7.74. The maximum absolute atomic E-state index is 13.1. The molecule has 3 aliphatic rings. The van der Waals surface area contributed by atoms with E-state index in [2.05, 4.69) is 15.1 Å². The average molecular weight is 413 g/mol. The molecule has 0 spiro atoms. The SMILES string of the molecule is O=C1Nc2cc3c(cc2OC1CCCN1CCN(c2ccc(F)cc2)CC1)OCO3. The minimum Gasteiger partial charge on any atom is -0.478 e. The molecule has 0 saturated carbocycles. The zero-order valence-electron chi connectivity index (χ0n) is 16.6. The number of rotatable bonds is 5. The number of ether oxygens (including phenoxy) is 3. The molecule has 30 heavy (non-hydrogen) atoms. The fourth-order valence-corrected chi connectivity index (χ4v) is 4.11. The Morgan fingerprint density at radius 2 is 1.73 bits per heavy atom. The largest absolute Gasteiger partial charge is 0.478 e. The van der Waals surface area contributed by atoms with Crippen LogP contribution in [0, 0.1) is 5.82 Å². The van der Waals surface area contributed by atoms with Crippen LogP contribution in [-0.2, 0) is 4.79 Å². The molecule has 1 unspecified atom stereocenters. The van der Waals surface area contributed by atoms with E-state index in [-0.39, 0.29) is 18.5 Å². The van der Waals surface area contributed by atoms with Crippen molar-refractivity contribution in [2.24, 2.45) is 0 Å². The highest BCUT2D eigenvalue weighted by Crippen LogP contribution is 2.42.